The van der Waals surface area contributed by atoms with E-state index in [-0.39, 0.29) is 12.0 Å². The smallest absolute Gasteiger partial charge is 0.350 e. The second-order valence-corrected chi connectivity index (χ2v) is 7.99. The molecule has 0 fully saturated rings. The lowest BCUT2D eigenvalue weighted by Crippen LogP contribution is -2.20. The van der Waals surface area contributed by atoms with Gasteiger partial charge in [-0.3, -0.25) is 0 Å². The third kappa shape index (κ3) is 5.20. The third-order valence-electron chi connectivity index (χ3n) is 3.55. The number of rotatable bonds is 5. The van der Waals surface area contributed by atoms with Gasteiger partial charge in [-0.05, 0) is 30.5 Å². The molecular weight excluding hydrogens is 348 g/mol. The second-order valence-electron chi connectivity index (χ2n) is 6.94. The van der Waals surface area contributed by atoms with Crippen LogP contribution >= 0.6 is 11.3 Å². The number of hydrogen-bond acceptors (Lipinski definition) is 4. The maximum atomic E-state index is 12.3. The molecule has 2 N–H and O–H groups in total. The number of thiophene rings is 1. The van der Waals surface area contributed by atoms with E-state index in [0.29, 0.717) is 16.3 Å². The minimum absolute atomic E-state index is 0.122. The van der Waals surface area contributed by atoms with Crippen molar-refractivity contribution in [2.24, 2.45) is 0 Å². The van der Waals surface area contributed by atoms with Gasteiger partial charge in [0.15, 0.2) is 0 Å². The molecule has 0 radical (unpaired) electrons. The zero-order valence-corrected chi connectivity index (χ0v) is 16.3. The molecule has 138 valence electrons. The van der Waals surface area contributed by atoms with E-state index >= 15 is 0 Å². The van der Waals surface area contributed by atoms with Crippen molar-refractivity contribution in [1.29, 1.82) is 0 Å². The van der Waals surface area contributed by atoms with Gasteiger partial charge < -0.3 is 15.4 Å². The van der Waals surface area contributed by atoms with Crippen molar-refractivity contribution in [3.8, 4) is 0 Å². The zero-order chi connectivity index (χ0) is 19.3. The monoisotopic (exact) mass is 372 g/mol. The molecule has 0 aliphatic carbocycles. The molecule has 1 aromatic carbocycles. The standard InChI is InChI=1S/C20H24N2O3S/c1-6-11-25-18(23)17-15(12-16(26-17)20(3,4)5)22-19(24)21-14-9-7-13(2)8-10-14/h6-10,12H,1,11H2,2-5H3,(H2,21,22,24). The summed E-state index contributed by atoms with van der Waals surface area (Å²) in [5, 5.41) is 5.52. The summed E-state index contributed by atoms with van der Waals surface area (Å²) in [4.78, 5) is 26.0. The molecule has 26 heavy (non-hydrogen) atoms. The Morgan fingerprint density at radius 3 is 2.42 bits per heavy atom. The summed E-state index contributed by atoms with van der Waals surface area (Å²) >= 11 is 1.32. The number of urea groups is 1. The Labute approximate surface area is 158 Å². The van der Waals surface area contributed by atoms with Gasteiger partial charge in [0.1, 0.15) is 11.5 Å². The first-order chi connectivity index (χ1) is 12.2. The lowest BCUT2D eigenvalue weighted by molar-refractivity contribution is 0.0556. The van der Waals surface area contributed by atoms with Crippen LogP contribution in [0.5, 0.6) is 0 Å². The maximum Gasteiger partial charge on any atom is 0.350 e. The Bertz CT molecular complexity index is 801. The number of esters is 1. The molecule has 0 saturated carbocycles. The molecule has 1 aromatic heterocycles. The number of carbonyl (C=O) groups is 2. The number of aryl methyl sites for hydroxylation is 1. The van der Waals surface area contributed by atoms with Crippen LogP contribution in [0.25, 0.3) is 0 Å². The van der Waals surface area contributed by atoms with Gasteiger partial charge in [0.05, 0.1) is 5.69 Å². The van der Waals surface area contributed by atoms with Crippen molar-refractivity contribution in [3.63, 3.8) is 0 Å². The van der Waals surface area contributed by atoms with Crippen molar-refractivity contribution in [1.82, 2.24) is 0 Å². The zero-order valence-electron chi connectivity index (χ0n) is 15.5. The molecule has 5 nitrogen and oxygen atoms in total. The van der Waals surface area contributed by atoms with Crippen LogP contribution < -0.4 is 10.6 Å². The molecule has 0 aliphatic heterocycles. The van der Waals surface area contributed by atoms with Gasteiger partial charge in [-0.15, -0.1) is 11.3 Å². The maximum absolute atomic E-state index is 12.3. The summed E-state index contributed by atoms with van der Waals surface area (Å²) in [6, 6.07) is 8.88. The van der Waals surface area contributed by atoms with Crippen LogP contribution in [0.1, 0.15) is 40.9 Å². The fourth-order valence-corrected chi connectivity index (χ4v) is 3.19. The lowest BCUT2D eigenvalue weighted by atomic mass is 9.94. The Hall–Kier alpha value is -2.60. The number of carbonyl (C=O) groups excluding carboxylic acids is 2. The quantitative estimate of drug-likeness (QED) is 0.550. The highest BCUT2D eigenvalue weighted by Crippen LogP contribution is 2.36. The number of anilines is 2. The molecule has 0 bridgehead atoms. The van der Waals surface area contributed by atoms with Gasteiger partial charge in [0, 0.05) is 10.6 Å². The predicted octanol–water partition coefficient (Wildman–Crippen LogP) is 5.34. The minimum atomic E-state index is -0.476. The number of benzene rings is 1. The molecule has 2 amide bonds. The highest BCUT2D eigenvalue weighted by molar-refractivity contribution is 7.14. The van der Waals surface area contributed by atoms with E-state index in [9.17, 15) is 9.59 Å². The largest absolute Gasteiger partial charge is 0.457 e. The van der Waals surface area contributed by atoms with E-state index in [1.165, 1.54) is 17.4 Å². The van der Waals surface area contributed by atoms with E-state index in [0.717, 1.165) is 10.4 Å². The Morgan fingerprint density at radius 2 is 1.85 bits per heavy atom. The van der Waals surface area contributed by atoms with Gasteiger partial charge in [-0.2, -0.15) is 0 Å². The summed E-state index contributed by atoms with van der Waals surface area (Å²) in [5.41, 5.74) is 2.08. The fraction of sp³-hybridized carbons (Fsp3) is 0.300. The summed E-state index contributed by atoms with van der Waals surface area (Å²) in [6.45, 7) is 11.8. The molecule has 6 heteroatoms. The topological polar surface area (TPSA) is 67.4 Å². The minimum Gasteiger partial charge on any atom is -0.457 e. The van der Waals surface area contributed by atoms with E-state index in [1.54, 1.807) is 0 Å². The molecule has 0 saturated heterocycles. The normalized spacial score (nSPS) is 10.9. The lowest BCUT2D eigenvalue weighted by Gasteiger charge is -2.15. The number of hydrogen-bond donors (Lipinski definition) is 2. The SMILES string of the molecule is C=CCOC(=O)c1sc(C(C)(C)C)cc1NC(=O)Nc1ccc(C)cc1. The van der Waals surface area contributed by atoms with Crippen LogP contribution in [0.3, 0.4) is 0 Å². The average molecular weight is 372 g/mol. The molecule has 0 aliphatic rings. The molecule has 0 atom stereocenters. The molecule has 1 heterocycles. The van der Waals surface area contributed by atoms with Gasteiger partial charge >= 0.3 is 12.0 Å². The van der Waals surface area contributed by atoms with Crippen molar-refractivity contribution in [2.75, 3.05) is 17.2 Å². The Kier molecular flexibility index (Phi) is 6.21. The molecule has 2 rings (SSSR count). The van der Waals surface area contributed by atoms with Gasteiger partial charge in [-0.25, -0.2) is 9.59 Å². The summed E-state index contributed by atoms with van der Waals surface area (Å²) in [7, 11) is 0. The first-order valence-corrected chi connectivity index (χ1v) is 9.09. The highest BCUT2D eigenvalue weighted by atomic mass is 32.1. The highest BCUT2D eigenvalue weighted by Gasteiger charge is 2.24. The first-order valence-electron chi connectivity index (χ1n) is 8.27. The van der Waals surface area contributed by atoms with Gasteiger partial charge in [-0.1, -0.05) is 51.1 Å². The van der Waals surface area contributed by atoms with E-state index < -0.39 is 12.0 Å². The number of nitrogens with one attached hydrogen (secondary N) is 2. The summed E-state index contributed by atoms with van der Waals surface area (Å²) in [5.74, 6) is -0.476. The molecule has 0 spiro atoms. The van der Waals surface area contributed by atoms with Gasteiger partial charge in [0.25, 0.3) is 0 Å². The van der Waals surface area contributed by atoms with Crippen LogP contribution in [0, 0.1) is 6.92 Å². The number of ether oxygens (including phenoxy) is 1. The summed E-state index contributed by atoms with van der Waals surface area (Å²) in [6.07, 6.45) is 1.51. The molecule has 2 aromatic rings. The fourth-order valence-electron chi connectivity index (χ4n) is 2.13. The molecular formula is C20H24N2O3S. The van der Waals surface area contributed by atoms with E-state index in [1.807, 2.05) is 58.0 Å². The Balaban J connectivity index is 2.21. The third-order valence-corrected chi connectivity index (χ3v) is 5.09. The van der Waals surface area contributed by atoms with Gasteiger partial charge in [0.2, 0.25) is 0 Å². The van der Waals surface area contributed by atoms with Crippen LogP contribution in [0.2, 0.25) is 0 Å². The van der Waals surface area contributed by atoms with Crippen LogP contribution in [-0.2, 0) is 10.2 Å². The van der Waals surface area contributed by atoms with Crippen molar-refractivity contribution in [3.05, 3.63) is 58.3 Å². The average Bonchev–Trinajstić information content (AvgIpc) is 2.99. The van der Waals surface area contributed by atoms with Crippen molar-refractivity contribution >= 4 is 34.7 Å². The number of amides is 2. The second kappa shape index (κ2) is 8.19. The van der Waals surface area contributed by atoms with E-state index in [4.69, 9.17) is 4.74 Å². The predicted molar refractivity (Wildman–Crippen MR) is 107 cm³/mol. The first kappa shape index (κ1) is 19.7. The van der Waals surface area contributed by atoms with Crippen LogP contribution in [-0.4, -0.2) is 18.6 Å². The van der Waals surface area contributed by atoms with Crippen molar-refractivity contribution in [2.45, 2.75) is 33.1 Å². The Morgan fingerprint density at radius 1 is 1.19 bits per heavy atom. The van der Waals surface area contributed by atoms with Crippen LogP contribution in [0.4, 0.5) is 16.2 Å². The summed E-state index contributed by atoms with van der Waals surface area (Å²) < 4.78 is 5.14. The van der Waals surface area contributed by atoms with E-state index in [2.05, 4.69) is 17.2 Å². The van der Waals surface area contributed by atoms with Crippen LogP contribution in [0.15, 0.2) is 43.0 Å². The molecule has 0 unspecified atom stereocenters. The van der Waals surface area contributed by atoms with Crippen molar-refractivity contribution < 1.29 is 14.3 Å².